The van der Waals surface area contributed by atoms with Gasteiger partial charge in [-0.3, -0.25) is 14.5 Å². The summed E-state index contributed by atoms with van der Waals surface area (Å²) in [5.41, 5.74) is 5.06. The zero-order valence-corrected chi connectivity index (χ0v) is 10.2. The summed E-state index contributed by atoms with van der Waals surface area (Å²) in [4.78, 5) is 24.6. The van der Waals surface area contributed by atoms with E-state index in [2.05, 4.69) is 0 Å². The standard InChI is InChI=1S/C13H14F2N2O2/c14-9-1-2-10(11(15)5-9)12(18)7-17-4-3-8(6-17)13(16)19/h1-2,5,8H,3-4,6-7H2,(H2,16,19). The van der Waals surface area contributed by atoms with Gasteiger partial charge >= 0.3 is 0 Å². The molecule has 1 heterocycles. The smallest absolute Gasteiger partial charge is 0.221 e. The number of amides is 1. The van der Waals surface area contributed by atoms with Gasteiger partial charge in [0.25, 0.3) is 0 Å². The fourth-order valence-corrected chi connectivity index (χ4v) is 2.21. The van der Waals surface area contributed by atoms with E-state index in [0.29, 0.717) is 25.6 Å². The van der Waals surface area contributed by atoms with E-state index >= 15 is 0 Å². The van der Waals surface area contributed by atoms with E-state index in [0.717, 1.165) is 12.1 Å². The number of primary amides is 1. The Morgan fingerprint density at radius 3 is 2.68 bits per heavy atom. The normalized spacial score (nSPS) is 19.6. The van der Waals surface area contributed by atoms with Crippen molar-refractivity contribution in [2.24, 2.45) is 11.7 Å². The summed E-state index contributed by atoms with van der Waals surface area (Å²) in [5, 5.41) is 0. The Kier molecular flexibility index (Phi) is 3.90. The number of Topliss-reactive ketones (excluding diaryl/α,β-unsaturated/α-hetero) is 1. The SMILES string of the molecule is NC(=O)C1CCN(CC(=O)c2ccc(F)cc2F)C1. The number of nitrogens with zero attached hydrogens (tertiary/aromatic N) is 1. The van der Waals surface area contributed by atoms with E-state index in [-0.39, 0.29) is 23.9 Å². The maximum Gasteiger partial charge on any atom is 0.221 e. The molecular weight excluding hydrogens is 254 g/mol. The summed E-state index contributed by atoms with van der Waals surface area (Å²) in [6, 6.07) is 2.87. The van der Waals surface area contributed by atoms with Crippen LogP contribution in [0.15, 0.2) is 18.2 Å². The molecule has 0 radical (unpaired) electrons. The zero-order valence-electron chi connectivity index (χ0n) is 10.2. The third kappa shape index (κ3) is 3.14. The molecule has 1 amide bonds. The predicted molar refractivity (Wildman–Crippen MR) is 64.4 cm³/mol. The van der Waals surface area contributed by atoms with Crippen molar-refractivity contribution in [1.82, 2.24) is 4.90 Å². The summed E-state index contributed by atoms with van der Waals surface area (Å²) < 4.78 is 26.2. The van der Waals surface area contributed by atoms with Gasteiger partial charge in [-0.2, -0.15) is 0 Å². The molecule has 2 rings (SSSR count). The van der Waals surface area contributed by atoms with E-state index in [1.807, 2.05) is 0 Å². The molecule has 6 heteroatoms. The first-order valence-electron chi connectivity index (χ1n) is 5.97. The fourth-order valence-electron chi connectivity index (χ4n) is 2.21. The molecule has 1 fully saturated rings. The van der Waals surface area contributed by atoms with Crippen LogP contribution in [0.1, 0.15) is 16.8 Å². The number of nitrogens with two attached hydrogens (primary N) is 1. The fraction of sp³-hybridized carbons (Fsp3) is 0.385. The van der Waals surface area contributed by atoms with Crippen LogP contribution in [0, 0.1) is 17.6 Å². The second-order valence-corrected chi connectivity index (χ2v) is 4.67. The van der Waals surface area contributed by atoms with Gasteiger partial charge in [-0.15, -0.1) is 0 Å². The first-order chi connectivity index (χ1) is 8.97. The Morgan fingerprint density at radius 1 is 1.37 bits per heavy atom. The van der Waals surface area contributed by atoms with Gasteiger partial charge < -0.3 is 5.73 Å². The summed E-state index contributed by atoms with van der Waals surface area (Å²) >= 11 is 0. The lowest BCUT2D eigenvalue weighted by atomic mass is 10.1. The van der Waals surface area contributed by atoms with Crippen molar-refractivity contribution < 1.29 is 18.4 Å². The van der Waals surface area contributed by atoms with Gasteiger partial charge in [0.05, 0.1) is 18.0 Å². The number of carbonyl (C=O) groups is 2. The summed E-state index contributed by atoms with van der Waals surface area (Å²) in [7, 11) is 0. The third-order valence-corrected chi connectivity index (χ3v) is 3.27. The number of ketones is 1. The lowest BCUT2D eigenvalue weighted by Crippen LogP contribution is -2.31. The topological polar surface area (TPSA) is 63.4 Å². The predicted octanol–water partition coefficient (Wildman–Crippen LogP) is 0.955. The summed E-state index contributed by atoms with van der Waals surface area (Å²) in [5.74, 6) is -2.66. The lowest BCUT2D eigenvalue weighted by Gasteiger charge is -2.14. The van der Waals surface area contributed by atoms with Crippen LogP contribution in [0.3, 0.4) is 0 Å². The molecule has 1 atom stereocenters. The average Bonchev–Trinajstić information content (AvgIpc) is 2.77. The number of rotatable bonds is 4. The highest BCUT2D eigenvalue weighted by Crippen LogP contribution is 2.17. The Bertz CT molecular complexity index is 519. The van der Waals surface area contributed by atoms with E-state index in [1.165, 1.54) is 0 Å². The third-order valence-electron chi connectivity index (χ3n) is 3.27. The lowest BCUT2D eigenvalue weighted by molar-refractivity contribution is -0.121. The highest BCUT2D eigenvalue weighted by molar-refractivity contribution is 5.97. The molecule has 1 aromatic carbocycles. The second-order valence-electron chi connectivity index (χ2n) is 4.67. The Labute approximate surface area is 109 Å². The van der Waals surface area contributed by atoms with Gasteiger partial charge in [-0.05, 0) is 25.1 Å². The zero-order chi connectivity index (χ0) is 14.0. The van der Waals surface area contributed by atoms with E-state index in [4.69, 9.17) is 5.73 Å². The maximum absolute atomic E-state index is 13.4. The van der Waals surface area contributed by atoms with Gasteiger partial charge in [-0.25, -0.2) is 8.78 Å². The van der Waals surface area contributed by atoms with Crippen LogP contribution in [-0.2, 0) is 4.79 Å². The molecule has 1 saturated heterocycles. The molecule has 4 nitrogen and oxygen atoms in total. The van der Waals surface area contributed by atoms with Crippen molar-refractivity contribution in [2.75, 3.05) is 19.6 Å². The molecule has 0 aromatic heterocycles. The number of benzene rings is 1. The minimum absolute atomic E-state index is 0.00628. The molecule has 19 heavy (non-hydrogen) atoms. The molecule has 0 bridgehead atoms. The van der Waals surface area contributed by atoms with Gasteiger partial charge in [0.1, 0.15) is 11.6 Å². The van der Waals surface area contributed by atoms with E-state index in [1.54, 1.807) is 4.90 Å². The van der Waals surface area contributed by atoms with E-state index < -0.39 is 17.4 Å². The number of likely N-dealkylation sites (tertiary alicyclic amines) is 1. The van der Waals surface area contributed by atoms with Crippen LogP contribution < -0.4 is 5.73 Å². The average molecular weight is 268 g/mol. The van der Waals surface area contributed by atoms with Crippen LogP contribution in [0.4, 0.5) is 8.78 Å². The number of carbonyl (C=O) groups excluding carboxylic acids is 2. The molecule has 0 spiro atoms. The van der Waals surface area contributed by atoms with Crippen molar-refractivity contribution in [2.45, 2.75) is 6.42 Å². The first-order valence-corrected chi connectivity index (χ1v) is 5.97. The monoisotopic (exact) mass is 268 g/mol. The van der Waals surface area contributed by atoms with Crippen LogP contribution in [0.5, 0.6) is 0 Å². The van der Waals surface area contributed by atoms with Crippen molar-refractivity contribution in [3.05, 3.63) is 35.4 Å². The molecule has 2 N–H and O–H groups in total. The van der Waals surface area contributed by atoms with Gasteiger partial charge in [0.2, 0.25) is 5.91 Å². The minimum Gasteiger partial charge on any atom is -0.369 e. The summed E-state index contributed by atoms with van der Waals surface area (Å²) in [6.07, 6.45) is 0.606. The second kappa shape index (κ2) is 5.44. The van der Waals surface area contributed by atoms with Gasteiger partial charge in [0, 0.05) is 12.6 Å². The Morgan fingerprint density at radius 2 is 2.11 bits per heavy atom. The molecule has 0 aliphatic carbocycles. The number of halogens is 2. The molecular formula is C13H14F2N2O2. The maximum atomic E-state index is 13.4. The molecule has 1 aliphatic heterocycles. The van der Waals surface area contributed by atoms with Crippen LogP contribution in [0.25, 0.3) is 0 Å². The van der Waals surface area contributed by atoms with E-state index in [9.17, 15) is 18.4 Å². The molecule has 1 unspecified atom stereocenters. The van der Waals surface area contributed by atoms with Crippen molar-refractivity contribution >= 4 is 11.7 Å². The Balaban J connectivity index is 2.00. The summed E-state index contributed by atoms with van der Waals surface area (Å²) in [6.45, 7) is 0.985. The van der Waals surface area contributed by atoms with Crippen molar-refractivity contribution in [3.8, 4) is 0 Å². The highest BCUT2D eigenvalue weighted by Gasteiger charge is 2.28. The molecule has 0 saturated carbocycles. The molecule has 1 aromatic rings. The number of hydrogen-bond donors (Lipinski definition) is 1. The minimum atomic E-state index is -0.865. The first kappa shape index (κ1) is 13.6. The van der Waals surface area contributed by atoms with Crippen molar-refractivity contribution in [3.63, 3.8) is 0 Å². The van der Waals surface area contributed by atoms with Gasteiger partial charge in [-0.1, -0.05) is 0 Å². The largest absolute Gasteiger partial charge is 0.369 e. The number of hydrogen-bond acceptors (Lipinski definition) is 3. The van der Waals surface area contributed by atoms with Crippen LogP contribution >= 0.6 is 0 Å². The van der Waals surface area contributed by atoms with Crippen LogP contribution in [-0.4, -0.2) is 36.2 Å². The highest BCUT2D eigenvalue weighted by atomic mass is 19.1. The van der Waals surface area contributed by atoms with Crippen molar-refractivity contribution in [1.29, 1.82) is 0 Å². The molecule has 102 valence electrons. The Hall–Kier alpha value is -1.82. The van der Waals surface area contributed by atoms with Crippen LogP contribution in [0.2, 0.25) is 0 Å². The quantitative estimate of drug-likeness (QED) is 0.827. The van der Waals surface area contributed by atoms with Gasteiger partial charge in [0.15, 0.2) is 5.78 Å². The molecule has 1 aliphatic rings.